The number of imidazole rings is 1. The minimum atomic E-state index is 0.376. The molecule has 1 saturated heterocycles. The second-order valence-corrected chi connectivity index (χ2v) is 6.36. The van der Waals surface area contributed by atoms with Gasteiger partial charge in [0, 0.05) is 38.6 Å². The maximum atomic E-state index is 5.51. The summed E-state index contributed by atoms with van der Waals surface area (Å²) in [4.78, 5) is 7.25. The summed E-state index contributed by atoms with van der Waals surface area (Å²) in [7, 11) is 0. The predicted octanol–water partition coefficient (Wildman–Crippen LogP) is 1.54. The van der Waals surface area contributed by atoms with E-state index in [1.807, 2.05) is 29.3 Å². The zero-order valence-electron chi connectivity index (χ0n) is 13.1. The van der Waals surface area contributed by atoms with Crippen molar-refractivity contribution in [1.82, 2.24) is 24.2 Å². The van der Waals surface area contributed by atoms with Gasteiger partial charge in [-0.15, -0.1) is 0 Å². The smallest absolute Gasteiger partial charge is 0.126 e. The Morgan fingerprint density at radius 3 is 3.09 bits per heavy atom. The monoisotopic (exact) mass is 301 g/mol. The van der Waals surface area contributed by atoms with Crippen molar-refractivity contribution in [2.24, 2.45) is 5.92 Å². The third-order valence-corrected chi connectivity index (χ3v) is 4.90. The Balaban J connectivity index is 1.49. The zero-order valence-corrected chi connectivity index (χ0v) is 13.1. The molecule has 6 heteroatoms. The van der Waals surface area contributed by atoms with Crippen LogP contribution in [-0.4, -0.2) is 50.5 Å². The van der Waals surface area contributed by atoms with E-state index in [1.165, 1.54) is 17.9 Å². The molecule has 2 aromatic heterocycles. The van der Waals surface area contributed by atoms with Crippen LogP contribution in [0.4, 0.5) is 0 Å². The van der Waals surface area contributed by atoms with Crippen molar-refractivity contribution < 1.29 is 4.74 Å². The van der Waals surface area contributed by atoms with Crippen molar-refractivity contribution >= 4 is 0 Å². The Bertz CT molecular complexity index is 615. The molecule has 0 aromatic carbocycles. The molecule has 0 unspecified atom stereocenters. The van der Waals surface area contributed by atoms with Gasteiger partial charge in [-0.05, 0) is 25.3 Å². The van der Waals surface area contributed by atoms with Gasteiger partial charge in [-0.25, -0.2) is 4.98 Å². The van der Waals surface area contributed by atoms with Crippen LogP contribution in [0, 0.1) is 5.92 Å². The normalized spacial score (nSPS) is 25.5. The molecule has 0 aliphatic carbocycles. The van der Waals surface area contributed by atoms with Crippen LogP contribution >= 0.6 is 0 Å². The molecule has 2 aliphatic heterocycles. The van der Waals surface area contributed by atoms with Gasteiger partial charge in [-0.2, -0.15) is 5.10 Å². The van der Waals surface area contributed by atoms with Gasteiger partial charge in [-0.1, -0.05) is 0 Å². The molecule has 0 amide bonds. The van der Waals surface area contributed by atoms with E-state index in [2.05, 4.69) is 21.5 Å². The van der Waals surface area contributed by atoms with Gasteiger partial charge in [0.2, 0.25) is 0 Å². The molecule has 2 aliphatic rings. The Labute approximate surface area is 130 Å². The standard InChI is InChI=1S/C16H23N5O/c1-13-16-17-9-15(11-20-5-2-4-18-20)21(16)7-6-19(13)10-14-3-8-22-12-14/h2,4-5,9,13-14H,3,6-8,10-12H2,1H3/t13-,14-/m0/s1. The summed E-state index contributed by atoms with van der Waals surface area (Å²) in [6, 6.07) is 2.34. The van der Waals surface area contributed by atoms with Crippen LogP contribution in [0.25, 0.3) is 0 Å². The van der Waals surface area contributed by atoms with Crippen molar-refractivity contribution in [1.29, 1.82) is 0 Å². The molecule has 0 radical (unpaired) electrons. The topological polar surface area (TPSA) is 48.1 Å². The molecule has 1 fully saturated rings. The lowest BCUT2D eigenvalue weighted by molar-refractivity contribution is 0.124. The molecule has 0 spiro atoms. The van der Waals surface area contributed by atoms with Crippen LogP contribution in [0.2, 0.25) is 0 Å². The van der Waals surface area contributed by atoms with E-state index in [-0.39, 0.29) is 0 Å². The first-order chi connectivity index (χ1) is 10.8. The largest absolute Gasteiger partial charge is 0.381 e. The Morgan fingerprint density at radius 2 is 2.32 bits per heavy atom. The zero-order chi connectivity index (χ0) is 14.9. The van der Waals surface area contributed by atoms with Gasteiger partial charge in [-0.3, -0.25) is 9.58 Å². The maximum absolute atomic E-state index is 5.51. The van der Waals surface area contributed by atoms with E-state index in [9.17, 15) is 0 Å². The fraction of sp³-hybridized carbons (Fsp3) is 0.625. The quantitative estimate of drug-likeness (QED) is 0.859. The van der Waals surface area contributed by atoms with Crippen LogP contribution in [0.1, 0.15) is 30.9 Å². The van der Waals surface area contributed by atoms with Crippen LogP contribution in [-0.2, 0) is 17.8 Å². The number of nitrogens with zero attached hydrogens (tertiary/aromatic N) is 5. The minimum absolute atomic E-state index is 0.376. The van der Waals surface area contributed by atoms with Crippen LogP contribution < -0.4 is 0 Å². The molecular weight excluding hydrogens is 278 g/mol. The Kier molecular flexibility index (Phi) is 3.72. The van der Waals surface area contributed by atoms with E-state index in [0.717, 1.165) is 39.4 Å². The molecule has 118 valence electrons. The molecule has 4 heterocycles. The Morgan fingerprint density at radius 1 is 1.36 bits per heavy atom. The number of hydrogen-bond donors (Lipinski definition) is 0. The first-order valence-electron chi connectivity index (χ1n) is 8.15. The fourth-order valence-electron chi connectivity index (χ4n) is 3.60. The molecular formula is C16H23N5O. The highest BCUT2D eigenvalue weighted by Gasteiger charge is 2.29. The van der Waals surface area contributed by atoms with Gasteiger partial charge in [0.1, 0.15) is 5.82 Å². The molecule has 4 rings (SSSR count). The second-order valence-electron chi connectivity index (χ2n) is 6.36. The van der Waals surface area contributed by atoms with Gasteiger partial charge < -0.3 is 9.30 Å². The predicted molar refractivity (Wildman–Crippen MR) is 82.5 cm³/mol. The van der Waals surface area contributed by atoms with E-state index < -0.39 is 0 Å². The van der Waals surface area contributed by atoms with Crippen molar-refractivity contribution in [2.45, 2.75) is 32.5 Å². The summed E-state index contributed by atoms with van der Waals surface area (Å²) >= 11 is 0. The SMILES string of the molecule is C[C@H]1c2ncc(Cn3cccn3)n2CCN1C[C@@H]1CCOC1. The third kappa shape index (κ3) is 2.57. The van der Waals surface area contributed by atoms with E-state index >= 15 is 0 Å². The van der Waals surface area contributed by atoms with Crippen molar-refractivity contribution in [3.05, 3.63) is 36.2 Å². The number of aromatic nitrogens is 4. The molecule has 0 saturated carbocycles. The van der Waals surface area contributed by atoms with E-state index in [4.69, 9.17) is 9.72 Å². The first kappa shape index (κ1) is 14.0. The van der Waals surface area contributed by atoms with E-state index in [1.54, 1.807) is 0 Å². The summed E-state index contributed by atoms with van der Waals surface area (Å²) in [6.45, 7) is 8.14. The molecule has 6 nitrogen and oxygen atoms in total. The number of fused-ring (bicyclic) bond motifs is 1. The molecule has 22 heavy (non-hydrogen) atoms. The summed E-state index contributed by atoms with van der Waals surface area (Å²) in [5.74, 6) is 1.87. The highest BCUT2D eigenvalue weighted by Crippen LogP contribution is 2.27. The van der Waals surface area contributed by atoms with Gasteiger partial charge >= 0.3 is 0 Å². The lowest BCUT2D eigenvalue weighted by Gasteiger charge is -2.35. The van der Waals surface area contributed by atoms with Crippen LogP contribution in [0.3, 0.4) is 0 Å². The average molecular weight is 301 g/mol. The highest BCUT2D eigenvalue weighted by atomic mass is 16.5. The van der Waals surface area contributed by atoms with Gasteiger partial charge in [0.05, 0.1) is 31.1 Å². The summed E-state index contributed by atoms with van der Waals surface area (Å²) < 4.78 is 9.83. The lowest BCUT2D eigenvalue weighted by Crippen LogP contribution is -2.40. The van der Waals surface area contributed by atoms with Crippen molar-refractivity contribution in [3.8, 4) is 0 Å². The Hall–Kier alpha value is -1.66. The summed E-state index contributed by atoms with van der Waals surface area (Å²) in [5.41, 5.74) is 1.24. The lowest BCUT2D eigenvalue weighted by atomic mass is 10.1. The number of hydrogen-bond acceptors (Lipinski definition) is 4. The highest BCUT2D eigenvalue weighted by molar-refractivity contribution is 5.11. The summed E-state index contributed by atoms with van der Waals surface area (Å²) in [5, 5.41) is 4.29. The van der Waals surface area contributed by atoms with Crippen molar-refractivity contribution in [2.75, 3.05) is 26.3 Å². The van der Waals surface area contributed by atoms with Crippen LogP contribution in [0.5, 0.6) is 0 Å². The fourth-order valence-corrected chi connectivity index (χ4v) is 3.60. The second kappa shape index (κ2) is 5.85. The number of ether oxygens (including phenoxy) is 1. The first-order valence-corrected chi connectivity index (χ1v) is 8.15. The third-order valence-electron chi connectivity index (χ3n) is 4.90. The molecule has 0 N–H and O–H groups in total. The molecule has 2 atom stereocenters. The summed E-state index contributed by atoms with van der Waals surface area (Å²) in [6.07, 6.45) is 7.03. The number of rotatable bonds is 4. The minimum Gasteiger partial charge on any atom is -0.381 e. The van der Waals surface area contributed by atoms with E-state index in [0.29, 0.717) is 12.0 Å². The van der Waals surface area contributed by atoms with Gasteiger partial charge in [0.25, 0.3) is 0 Å². The average Bonchev–Trinajstić information content (AvgIpc) is 3.25. The van der Waals surface area contributed by atoms with Crippen molar-refractivity contribution in [3.63, 3.8) is 0 Å². The van der Waals surface area contributed by atoms with Crippen LogP contribution in [0.15, 0.2) is 24.7 Å². The molecule has 2 aromatic rings. The maximum Gasteiger partial charge on any atom is 0.126 e. The van der Waals surface area contributed by atoms with Gasteiger partial charge in [0.15, 0.2) is 0 Å². The molecule has 0 bridgehead atoms.